The molecule has 17 heavy (non-hydrogen) atoms. The zero-order chi connectivity index (χ0) is 12.4. The summed E-state index contributed by atoms with van der Waals surface area (Å²) < 4.78 is 25.8. The number of nitrogens with two attached hydrogens (primary N) is 1. The van der Waals surface area contributed by atoms with Crippen molar-refractivity contribution in [3.05, 3.63) is 23.8 Å². The molecule has 5 heteroatoms. The summed E-state index contributed by atoms with van der Waals surface area (Å²) in [6.45, 7) is 1.20. The molecule has 0 spiro atoms. The van der Waals surface area contributed by atoms with E-state index >= 15 is 0 Å². The van der Waals surface area contributed by atoms with Crippen molar-refractivity contribution in [2.75, 3.05) is 23.7 Å². The summed E-state index contributed by atoms with van der Waals surface area (Å²) in [7, 11) is 0. The number of aliphatic hydroxyl groups is 1. The van der Waals surface area contributed by atoms with E-state index in [0.717, 1.165) is 0 Å². The largest absolute Gasteiger partial charge is 0.399 e. The minimum absolute atomic E-state index is 0.0265. The summed E-state index contributed by atoms with van der Waals surface area (Å²) in [6.07, 6.45) is -1.60. The lowest BCUT2D eigenvalue weighted by atomic mass is 10.0. The Labute approximate surface area is 98.8 Å². The fraction of sp³-hybridized carbons (Fsp3) is 0.500. The standard InChI is InChI=1S/C12H16F2N2O/c13-12(14)10-7-8(15)1-2-11(10)16-5-3-9(17)4-6-16/h1-2,7,9,12,17H,3-6,15H2. The number of hydrogen-bond donors (Lipinski definition) is 2. The summed E-state index contributed by atoms with van der Waals surface area (Å²) >= 11 is 0. The molecule has 1 aromatic rings. The predicted octanol–water partition coefficient (Wildman–Crippen LogP) is 2.17. The van der Waals surface area contributed by atoms with Gasteiger partial charge in [-0.1, -0.05) is 0 Å². The van der Waals surface area contributed by atoms with E-state index in [9.17, 15) is 13.9 Å². The van der Waals surface area contributed by atoms with Crippen LogP contribution in [0, 0.1) is 0 Å². The fourth-order valence-corrected chi connectivity index (χ4v) is 2.14. The SMILES string of the molecule is Nc1ccc(N2CCC(O)CC2)c(C(F)F)c1. The van der Waals surface area contributed by atoms with Crippen molar-refractivity contribution in [2.24, 2.45) is 0 Å². The number of anilines is 2. The van der Waals surface area contributed by atoms with Gasteiger partial charge in [0, 0.05) is 30.0 Å². The van der Waals surface area contributed by atoms with Crippen molar-refractivity contribution in [3.63, 3.8) is 0 Å². The molecule has 2 rings (SSSR count). The van der Waals surface area contributed by atoms with Gasteiger partial charge in [0.1, 0.15) is 0 Å². The van der Waals surface area contributed by atoms with E-state index in [-0.39, 0.29) is 11.7 Å². The van der Waals surface area contributed by atoms with Crippen molar-refractivity contribution in [1.82, 2.24) is 0 Å². The van der Waals surface area contributed by atoms with Gasteiger partial charge in [0.25, 0.3) is 6.43 Å². The highest BCUT2D eigenvalue weighted by molar-refractivity contribution is 5.60. The first-order chi connectivity index (χ1) is 8.08. The summed E-state index contributed by atoms with van der Waals surface area (Å²) in [5.41, 5.74) is 6.38. The lowest BCUT2D eigenvalue weighted by Crippen LogP contribution is -2.36. The lowest BCUT2D eigenvalue weighted by Gasteiger charge is -2.32. The molecular weight excluding hydrogens is 226 g/mol. The van der Waals surface area contributed by atoms with E-state index in [4.69, 9.17) is 5.73 Å². The third kappa shape index (κ3) is 2.66. The number of nitrogen functional groups attached to an aromatic ring is 1. The number of benzene rings is 1. The Kier molecular flexibility index (Phi) is 3.47. The molecule has 0 atom stereocenters. The van der Waals surface area contributed by atoms with E-state index in [1.54, 1.807) is 12.1 Å². The van der Waals surface area contributed by atoms with Crippen molar-refractivity contribution >= 4 is 11.4 Å². The molecule has 1 aromatic carbocycles. The fourth-order valence-electron chi connectivity index (χ4n) is 2.14. The third-order valence-corrected chi connectivity index (χ3v) is 3.09. The van der Waals surface area contributed by atoms with Crippen LogP contribution in [-0.2, 0) is 0 Å². The van der Waals surface area contributed by atoms with Crippen molar-refractivity contribution < 1.29 is 13.9 Å². The van der Waals surface area contributed by atoms with E-state index in [2.05, 4.69) is 0 Å². The zero-order valence-electron chi connectivity index (χ0n) is 9.44. The van der Waals surface area contributed by atoms with Crippen LogP contribution in [0.15, 0.2) is 18.2 Å². The highest BCUT2D eigenvalue weighted by Crippen LogP contribution is 2.33. The van der Waals surface area contributed by atoms with Crippen LogP contribution >= 0.6 is 0 Å². The summed E-state index contributed by atoms with van der Waals surface area (Å²) in [4.78, 5) is 1.88. The van der Waals surface area contributed by atoms with Gasteiger partial charge in [0.2, 0.25) is 0 Å². The zero-order valence-corrected chi connectivity index (χ0v) is 9.44. The first-order valence-corrected chi connectivity index (χ1v) is 5.68. The molecule has 3 N–H and O–H groups in total. The summed E-state index contributed by atoms with van der Waals surface area (Å²) in [6, 6.07) is 4.59. The first kappa shape index (κ1) is 12.1. The van der Waals surface area contributed by atoms with Crippen LogP contribution in [0.2, 0.25) is 0 Å². The third-order valence-electron chi connectivity index (χ3n) is 3.09. The normalized spacial score (nSPS) is 17.8. The number of aliphatic hydroxyl groups excluding tert-OH is 1. The molecule has 1 aliphatic rings. The molecule has 94 valence electrons. The Morgan fingerprint density at radius 3 is 2.53 bits per heavy atom. The second-order valence-corrected chi connectivity index (χ2v) is 4.34. The van der Waals surface area contributed by atoms with Crippen LogP contribution in [0.5, 0.6) is 0 Å². The molecule has 1 heterocycles. The lowest BCUT2D eigenvalue weighted by molar-refractivity contribution is 0.143. The maximum Gasteiger partial charge on any atom is 0.265 e. The Morgan fingerprint density at radius 1 is 1.29 bits per heavy atom. The number of rotatable bonds is 2. The second-order valence-electron chi connectivity index (χ2n) is 4.34. The van der Waals surface area contributed by atoms with Gasteiger partial charge in [-0.15, -0.1) is 0 Å². The minimum Gasteiger partial charge on any atom is -0.399 e. The summed E-state index contributed by atoms with van der Waals surface area (Å²) in [5, 5.41) is 9.40. The van der Waals surface area contributed by atoms with E-state index in [1.807, 2.05) is 4.90 Å². The van der Waals surface area contributed by atoms with Crippen LogP contribution in [-0.4, -0.2) is 24.3 Å². The minimum atomic E-state index is -2.53. The molecule has 0 bridgehead atoms. The molecule has 0 saturated carbocycles. The average molecular weight is 242 g/mol. The molecular formula is C12H16F2N2O. The molecule has 0 aromatic heterocycles. The van der Waals surface area contributed by atoms with Crippen molar-refractivity contribution in [3.8, 4) is 0 Å². The number of halogens is 2. The number of alkyl halides is 2. The summed E-state index contributed by atoms with van der Waals surface area (Å²) in [5.74, 6) is 0. The predicted molar refractivity (Wildman–Crippen MR) is 63.3 cm³/mol. The van der Waals surface area contributed by atoms with Gasteiger partial charge in [-0.2, -0.15) is 0 Å². The van der Waals surface area contributed by atoms with Crippen LogP contribution in [0.3, 0.4) is 0 Å². The van der Waals surface area contributed by atoms with Crippen LogP contribution in [0.4, 0.5) is 20.2 Å². The molecule has 1 saturated heterocycles. The molecule has 3 nitrogen and oxygen atoms in total. The number of piperidine rings is 1. The number of hydrogen-bond acceptors (Lipinski definition) is 3. The van der Waals surface area contributed by atoms with Crippen LogP contribution < -0.4 is 10.6 Å². The van der Waals surface area contributed by atoms with Crippen molar-refractivity contribution in [1.29, 1.82) is 0 Å². The highest BCUT2D eigenvalue weighted by Gasteiger charge is 2.22. The van der Waals surface area contributed by atoms with Gasteiger partial charge in [-0.05, 0) is 31.0 Å². The monoisotopic (exact) mass is 242 g/mol. The highest BCUT2D eigenvalue weighted by atomic mass is 19.3. The Bertz CT molecular complexity index is 390. The molecule has 1 fully saturated rings. The Hall–Kier alpha value is -1.36. The Morgan fingerprint density at radius 2 is 1.94 bits per heavy atom. The average Bonchev–Trinajstić information content (AvgIpc) is 2.30. The second kappa shape index (κ2) is 4.87. The topological polar surface area (TPSA) is 49.5 Å². The first-order valence-electron chi connectivity index (χ1n) is 5.68. The maximum absolute atomic E-state index is 12.9. The molecule has 1 aliphatic heterocycles. The van der Waals surface area contributed by atoms with Gasteiger partial charge >= 0.3 is 0 Å². The molecule has 0 amide bonds. The van der Waals surface area contributed by atoms with E-state index in [1.165, 1.54) is 6.07 Å². The Balaban J connectivity index is 2.25. The number of nitrogens with zero attached hydrogens (tertiary/aromatic N) is 1. The van der Waals surface area contributed by atoms with Crippen molar-refractivity contribution in [2.45, 2.75) is 25.4 Å². The molecule has 0 unspecified atom stereocenters. The van der Waals surface area contributed by atoms with Gasteiger partial charge in [0.05, 0.1) is 6.10 Å². The van der Waals surface area contributed by atoms with E-state index in [0.29, 0.717) is 37.3 Å². The van der Waals surface area contributed by atoms with Gasteiger partial charge in [-0.25, -0.2) is 8.78 Å². The quantitative estimate of drug-likeness (QED) is 0.781. The van der Waals surface area contributed by atoms with Gasteiger partial charge in [0.15, 0.2) is 0 Å². The molecule has 0 radical (unpaired) electrons. The van der Waals surface area contributed by atoms with Crippen LogP contribution in [0.25, 0.3) is 0 Å². The van der Waals surface area contributed by atoms with Gasteiger partial charge < -0.3 is 15.7 Å². The van der Waals surface area contributed by atoms with Gasteiger partial charge in [-0.3, -0.25) is 0 Å². The maximum atomic E-state index is 12.9. The smallest absolute Gasteiger partial charge is 0.265 e. The van der Waals surface area contributed by atoms with Crippen LogP contribution in [0.1, 0.15) is 24.8 Å². The van der Waals surface area contributed by atoms with E-state index < -0.39 is 6.43 Å². The molecule has 0 aliphatic carbocycles.